The maximum atomic E-state index is 8.46. The molecule has 0 fully saturated rings. The summed E-state index contributed by atoms with van der Waals surface area (Å²) in [6, 6.07) is -0.0185. The van der Waals surface area contributed by atoms with Crippen LogP contribution < -0.4 is 5.73 Å². The number of rotatable bonds is 3. The van der Waals surface area contributed by atoms with Crippen molar-refractivity contribution in [2.75, 3.05) is 6.61 Å². The molecule has 0 unspecified atom stereocenters. The molecule has 0 spiro atoms. The zero-order valence-electron chi connectivity index (χ0n) is 5.93. The van der Waals surface area contributed by atoms with Gasteiger partial charge in [-0.15, -0.1) is 0 Å². The van der Waals surface area contributed by atoms with Crippen molar-refractivity contribution in [3.63, 3.8) is 0 Å². The van der Waals surface area contributed by atoms with E-state index in [0.717, 1.165) is 6.42 Å². The Morgan fingerprint density at radius 1 is 1.44 bits per heavy atom. The van der Waals surface area contributed by atoms with Crippen LogP contribution in [0.2, 0.25) is 0 Å². The zero-order chi connectivity index (χ0) is 6.57. The van der Waals surface area contributed by atoms with Crippen molar-refractivity contribution in [2.24, 2.45) is 11.7 Å². The molecular weight excluding hydrogens is 161 g/mol. The van der Waals surface area contributed by atoms with Gasteiger partial charge in [-0.2, -0.15) is 0 Å². The van der Waals surface area contributed by atoms with Crippen molar-refractivity contribution in [3.8, 4) is 0 Å². The van der Waals surface area contributed by atoms with Crippen LogP contribution in [0.15, 0.2) is 0 Å². The van der Waals surface area contributed by atoms with Gasteiger partial charge >= 0.3 is 0 Å². The topological polar surface area (TPSA) is 46.2 Å². The predicted molar refractivity (Wildman–Crippen MR) is 34.5 cm³/mol. The van der Waals surface area contributed by atoms with Crippen molar-refractivity contribution < 1.29 is 21.9 Å². The molecule has 0 aromatic heterocycles. The summed E-state index contributed by atoms with van der Waals surface area (Å²) in [4.78, 5) is 0. The van der Waals surface area contributed by atoms with E-state index in [1.54, 1.807) is 0 Å². The van der Waals surface area contributed by atoms with E-state index in [1.165, 1.54) is 0 Å². The summed E-state index contributed by atoms with van der Waals surface area (Å²) >= 11 is 0. The zero-order valence-corrected chi connectivity index (χ0v) is 6.97. The summed E-state index contributed by atoms with van der Waals surface area (Å²) in [6.07, 6.45) is 0.913. The fourth-order valence-corrected chi connectivity index (χ4v) is 0.680. The van der Waals surface area contributed by atoms with Gasteiger partial charge < -0.3 is 10.8 Å². The first kappa shape index (κ1) is 12.1. The van der Waals surface area contributed by atoms with Crippen LogP contribution in [0.25, 0.3) is 0 Å². The Bertz CT molecular complexity index is 59.0. The van der Waals surface area contributed by atoms with Crippen molar-refractivity contribution in [2.45, 2.75) is 26.3 Å². The number of aliphatic hydroxyl groups is 1. The molecule has 0 aromatic rings. The quantitative estimate of drug-likeness (QED) is 0.651. The first-order valence-electron chi connectivity index (χ1n) is 3.03. The largest absolute Gasteiger partial charge is 0.395 e. The van der Waals surface area contributed by atoms with Crippen molar-refractivity contribution in [1.29, 1.82) is 0 Å². The van der Waals surface area contributed by atoms with Crippen LogP contribution >= 0.6 is 0 Å². The SMILES string of the molecule is CC(C)C[C@@H](N)CO.[Co]. The van der Waals surface area contributed by atoms with Gasteiger partial charge in [0.25, 0.3) is 0 Å². The first-order valence-corrected chi connectivity index (χ1v) is 3.03. The van der Waals surface area contributed by atoms with Gasteiger partial charge in [0, 0.05) is 22.8 Å². The molecule has 1 radical (unpaired) electrons. The van der Waals surface area contributed by atoms with Crippen LogP contribution in [0, 0.1) is 5.92 Å². The Hall–Kier alpha value is 0.426. The van der Waals surface area contributed by atoms with E-state index in [0.29, 0.717) is 5.92 Å². The Kier molecular flexibility index (Phi) is 8.83. The minimum atomic E-state index is -0.0185. The minimum Gasteiger partial charge on any atom is -0.395 e. The summed E-state index contributed by atoms with van der Waals surface area (Å²) in [5, 5.41) is 8.46. The van der Waals surface area contributed by atoms with Crippen LogP contribution in [0.3, 0.4) is 0 Å². The van der Waals surface area contributed by atoms with Crippen LogP contribution in [0.4, 0.5) is 0 Å². The van der Waals surface area contributed by atoms with Gasteiger partial charge in [-0.1, -0.05) is 13.8 Å². The maximum absolute atomic E-state index is 8.46. The molecule has 2 nitrogen and oxygen atoms in total. The molecule has 0 bridgehead atoms. The number of hydrogen-bond acceptors (Lipinski definition) is 2. The Morgan fingerprint density at radius 3 is 2.00 bits per heavy atom. The van der Waals surface area contributed by atoms with Crippen molar-refractivity contribution >= 4 is 0 Å². The molecule has 0 aliphatic heterocycles. The molecule has 9 heavy (non-hydrogen) atoms. The molecule has 0 amide bonds. The van der Waals surface area contributed by atoms with Crippen LogP contribution in [0.5, 0.6) is 0 Å². The molecular formula is C6H15CoNO. The molecule has 0 rings (SSSR count). The fraction of sp³-hybridized carbons (Fsp3) is 1.00. The second kappa shape index (κ2) is 6.55. The van der Waals surface area contributed by atoms with E-state index in [-0.39, 0.29) is 29.4 Å². The summed E-state index contributed by atoms with van der Waals surface area (Å²) in [5.41, 5.74) is 5.42. The molecule has 3 heteroatoms. The number of hydrogen-bond donors (Lipinski definition) is 2. The molecule has 59 valence electrons. The Balaban J connectivity index is 0. The molecule has 0 aliphatic carbocycles. The predicted octanol–water partition coefficient (Wildman–Crippen LogP) is 0.350. The van der Waals surface area contributed by atoms with Gasteiger partial charge in [-0.3, -0.25) is 0 Å². The van der Waals surface area contributed by atoms with Gasteiger partial charge in [0.15, 0.2) is 0 Å². The molecule has 0 saturated carbocycles. The second-order valence-corrected chi connectivity index (χ2v) is 2.57. The normalized spacial score (nSPS) is 13.0. The van der Waals surface area contributed by atoms with Gasteiger partial charge in [0.2, 0.25) is 0 Å². The smallest absolute Gasteiger partial charge is 0.0582 e. The maximum Gasteiger partial charge on any atom is 0.0582 e. The van der Waals surface area contributed by atoms with Gasteiger partial charge in [0.05, 0.1) is 6.61 Å². The van der Waals surface area contributed by atoms with Crippen LogP contribution in [-0.2, 0) is 16.8 Å². The molecule has 3 N–H and O–H groups in total. The summed E-state index contributed by atoms with van der Waals surface area (Å²) < 4.78 is 0. The third-order valence-electron chi connectivity index (χ3n) is 1.01. The molecule has 1 atom stereocenters. The van der Waals surface area contributed by atoms with Crippen LogP contribution in [-0.4, -0.2) is 17.8 Å². The van der Waals surface area contributed by atoms with E-state index in [2.05, 4.69) is 13.8 Å². The van der Waals surface area contributed by atoms with Gasteiger partial charge in [-0.05, 0) is 12.3 Å². The molecule has 0 heterocycles. The average molecular weight is 176 g/mol. The van der Waals surface area contributed by atoms with E-state index < -0.39 is 0 Å². The van der Waals surface area contributed by atoms with E-state index >= 15 is 0 Å². The fourth-order valence-electron chi connectivity index (χ4n) is 0.680. The van der Waals surface area contributed by atoms with Gasteiger partial charge in [-0.25, -0.2) is 0 Å². The minimum absolute atomic E-state index is 0. The molecule has 0 saturated heterocycles. The van der Waals surface area contributed by atoms with Crippen LogP contribution in [0.1, 0.15) is 20.3 Å². The first-order chi connectivity index (χ1) is 3.66. The monoisotopic (exact) mass is 176 g/mol. The van der Waals surface area contributed by atoms with Crippen molar-refractivity contribution in [1.82, 2.24) is 0 Å². The molecule has 0 aromatic carbocycles. The second-order valence-electron chi connectivity index (χ2n) is 2.57. The Morgan fingerprint density at radius 2 is 1.89 bits per heavy atom. The third-order valence-corrected chi connectivity index (χ3v) is 1.01. The van der Waals surface area contributed by atoms with E-state index in [4.69, 9.17) is 10.8 Å². The average Bonchev–Trinajstić information content (AvgIpc) is 1.65. The standard InChI is InChI=1S/C6H15NO.Co/c1-5(2)3-6(7)4-8;/h5-6,8H,3-4,7H2,1-2H3;/t6-;/m1./s1. The summed E-state index contributed by atoms with van der Waals surface area (Å²) in [5.74, 6) is 0.595. The van der Waals surface area contributed by atoms with E-state index in [9.17, 15) is 0 Å². The Labute approximate surface area is 67.0 Å². The third kappa shape index (κ3) is 8.43. The number of nitrogens with two attached hydrogens (primary N) is 1. The van der Waals surface area contributed by atoms with Gasteiger partial charge in [0.1, 0.15) is 0 Å². The summed E-state index contributed by atoms with van der Waals surface area (Å²) in [7, 11) is 0. The molecule has 0 aliphatic rings. The number of aliphatic hydroxyl groups excluding tert-OH is 1. The summed E-state index contributed by atoms with van der Waals surface area (Å²) in [6.45, 7) is 4.29. The van der Waals surface area contributed by atoms with E-state index in [1.807, 2.05) is 0 Å². The van der Waals surface area contributed by atoms with Crippen molar-refractivity contribution in [3.05, 3.63) is 0 Å².